The van der Waals surface area contributed by atoms with Gasteiger partial charge in [-0.2, -0.15) is 5.10 Å². The van der Waals surface area contributed by atoms with Crippen LogP contribution < -0.4 is 5.32 Å². The molecule has 0 aliphatic carbocycles. The van der Waals surface area contributed by atoms with Crippen molar-refractivity contribution in [2.45, 2.75) is 25.9 Å². The van der Waals surface area contributed by atoms with Gasteiger partial charge in [0, 0.05) is 19.3 Å². The van der Waals surface area contributed by atoms with E-state index in [1.54, 1.807) is 6.07 Å². The number of aliphatic hydroxyl groups is 1. The van der Waals surface area contributed by atoms with E-state index < -0.39 is 6.10 Å². The van der Waals surface area contributed by atoms with E-state index in [1.165, 1.54) is 7.11 Å². The normalized spacial score (nSPS) is 12.4. The van der Waals surface area contributed by atoms with Gasteiger partial charge < -0.3 is 15.2 Å². The van der Waals surface area contributed by atoms with Crippen molar-refractivity contribution in [1.82, 2.24) is 15.5 Å². The van der Waals surface area contributed by atoms with Crippen molar-refractivity contribution >= 4 is 5.91 Å². The number of nitrogens with one attached hydrogen (secondary N) is 2. The van der Waals surface area contributed by atoms with Gasteiger partial charge in [-0.1, -0.05) is 6.92 Å². The van der Waals surface area contributed by atoms with Gasteiger partial charge in [-0.25, -0.2) is 0 Å². The van der Waals surface area contributed by atoms with E-state index in [9.17, 15) is 9.90 Å². The predicted octanol–water partition coefficient (Wildman–Crippen LogP) is 0.0993. The second kappa shape index (κ2) is 7.03. The van der Waals surface area contributed by atoms with E-state index in [-0.39, 0.29) is 12.5 Å². The van der Waals surface area contributed by atoms with Gasteiger partial charge in [-0.3, -0.25) is 9.89 Å². The highest BCUT2D eigenvalue weighted by Gasteiger charge is 2.10. The molecule has 0 aromatic carbocycles. The number of aliphatic hydroxyl groups excluding tert-OH is 1. The van der Waals surface area contributed by atoms with E-state index in [0.29, 0.717) is 18.7 Å². The summed E-state index contributed by atoms with van der Waals surface area (Å²) in [4.78, 5) is 11.6. The Bertz CT molecular complexity index is 351. The van der Waals surface area contributed by atoms with Crippen LogP contribution in [0.1, 0.15) is 29.5 Å². The summed E-state index contributed by atoms with van der Waals surface area (Å²) >= 11 is 0. The van der Waals surface area contributed by atoms with E-state index in [1.807, 2.05) is 6.92 Å². The van der Waals surface area contributed by atoms with Gasteiger partial charge in [0.1, 0.15) is 5.69 Å². The number of rotatable bonds is 7. The highest BCUT2D eigenvalue weighted by molar-refractivity contribution is 5.92. The number of carbonyl (C=O) groups excluding carboxylic acids is 1. The van der Waals surface area contributed by atoms with Crippen LogP contribution in [0.4, 0.5) is 0 Å². The van der Waals surface area contributed by atoms with Crippen molar-refractivity contribution in [2.75, 3.05) is 20.3 Å². The Balaban J connectivity index is 2.29. The molecule has 0 saturated heterocycles. The minimum Gasteiger partial charge on any atom is -0.391 e. The molecule has 0 aliphatic heterocycles. The van der Waals surface area contributed by atoms with Gasteiger partial charge in [-0.05, 0) is 18.9 Å². The molecule has 6 heteroatoms. The minimum atomic E-state index is -0.550. The number of aromatic amines is 1. The second-order valence-electron chi connectivity index (χ2n) is 3.79. The van der Waals surface area contributed by atoms with Crippen LogP contribution in [0.5, 0.6) is 0 Å². The molecule has 6 nitrogen and oxygen atoms in total. The first kappa shape index (κ1) is 13.7. The van der Waals surface area contributed by atoms with Crippen molar-refractivity contribution in [2.24, 2.45) is 0 Å². The van der Waals surface area contributed by atoms with Crippen LogP contribution in [-0.2, 0) is 11.2 Å². The SMILES string of the molecule is CCc1cc(C(=O)NCCC(O)COC)n[nH]1. The quantitative estimate of drug-likeness (QED) is 0.632. The van der Waals surface area contributed by atoms with Gasteiger partial charge in [0.15, 0.2) is 0 Å². The molecule has 1 rings (SSSR count). The van der Waals surface area contributed by atoms with Crippen molar-refractivity contribution < 1.29 is 14.6 Å². The third-order valence-corrected chi connectivity index (χ3v) is 2.37. The third kappa shape index (κ3) is 4.54. The van der Waals surface area contributed by atoms with Crippen molar-refractivity contribution in [3.63, 3.8) is 0 Å². The van der Waals surface area contributed by atoms with E-state index in [2.05, 4.69) is 15.5 Å². The molecule has 1 aromatic rings. The largest absolute Gasteiger partial charge is 0.391 e. The number of amides is 1. The van der Waals surface area contributed by atoms with E-state index in [4.69, 9.17) is 4.74 Å². The number of ether oxygens (including phenoxy) is 1. The van der Waals surface area contributed by atoms with E-state index >= 15 is 0 Å². The molecule has 96 valence electrons. The lowest BCUT2D eigenvalue weighted by Crippen LogP contribution is -2.28. The average molecular weight is 241 g/mol. The molecule has 0 bridgehead atoms. The number of hydrogen-bond donors (Lipinski definition) is 3. The monoisotopic (exact) mass is 241 g/mol. The highest BCUT2D eigenvalue weighted by atomic mass is 16.5. The Morgan fingerprint density at radius 2 is 2.47 bits per heavy atom. The molecule has 0 fully saturated rings. The summed E-state index contributed by atoms with van der Waals surface area (Å²) in [6, 6.07) is 1.72. The minimum absolute atomic E-state index is 0.231. The van der Waals surface area contributed by atoms with Gasteiger partial charge in [0.25, 0.3) is 5.91 Å². The van der Waals surface area contributed by atoms with Gasteiger partial charge >= 0.3 is 0 Å². The zero-order valence-electron chi connectivity index (χ0n) is 10.2. The molecule has 1 heterocycles. The van der Waals surface area contributed by atoms with Crippen LogP contribution in [-0.4, -0.2) is 47.6 Å². The van der Waals surface area contributed by atoms with Gasteiger partial charge in [0.05, 0.1) is 12.7 Å². The first-order valence-corrected chi connectivity index (χ1v) is 5.66. The summed E-state index contributed by atoms with van der Waals surface area (Å²) in [5.74, 6) is -0.231. The molecule has 1 atom stereocenters. The number of aryl methyl sites for hydroxylation is 1. The van der Waals surface area contributed by atoms with Crippen molar-refractivity contribution in [3.8, 4) is 0 Å². The molecule has 1 aromatic heterocycles. The maximum atomic E-state index is 11.6. The zero-order valence-corrected chi connectivity index (χ0v) is 10.2. The molecular formula is C11H19N3O3. The number of hydrogen-bond acceptors (Lipinski definition) is 4. The molecule has 0 saturated carbocycles. The maximum absolute atomic E-state index is 11.6. The number of nitrogens with zero attached hydrogens (tertiary/aromatic N) is 1. The second-order valence-corrected chi connectivity index (χ2v) is 3.79. The summed E-state index contributed by atoms with van der Waals surface area (Å²) in [6.45, 7) is 2.66. The lowest BCUT2D eigenvalue weighted by atomic mass is 10.2. The van der Waals surface area contributed by atoms with Crippen LogP contribution in [0.3, 0.4) is 0 Å². The first-order valence-electron chi connectivity index (χ1n) is 5.66. The molecule has 3 N–H and O–H groups in total. The summed E-state index contributed by atoms with van der Waals surface area (Å²) < 4.78 is 4.78. The number of aromatic nitrogens is 2. The number of carbonyl (C=O) groups is 1. The molecular weight excluding hydrogens is 222 g/mol. The van der Waals surface area contributed by atoms with Gasteiger partial charge in [0.2, 0.25) is 0 Å². The number of methoxy groups -OCH3 is 1. The Morgan fingerprint density at radius 1 is 1.71 bits per heavy atom. The fourth-order valence-corrected chi connectivity index (χ4v) is 1.38. The zero-order chi connectivity index (χ0) is 12.7. The Kier molecular flexibility index (Phi) is 5.65. The highest BCUT2D eigenvalue weighted by Crippen LogP contribution is 2.00. The van der Waals surface area contributed by atoms with Crippen molar-refractivity contribution in [1.29, 1.82) is 0 Å². The topological polar surface area (TPSA) is 87.2 Å². The summed E-state index contributed by atoms with van der Waals surface area (Å²) in [5.41, 5.74) is 1.30. The van der Waals surface area contributed by atoms with Crippen LogP contribution >= 0.6 is 0 Å². The smallest absolute Gasteiger partial charge is 0.271 e. The van der Waals surface area contributed by atoms with Crippen LogP contribution in [0.2, 0.25) is 0 Å². The Morgan fingerprint density at radius 3 is 3.06 bits per heavy atom. The van der Waals surface area contributed by atoms with Crippen LogP contribution in [0.25, 0.3) is 0 Å². The summed E-state index contributed by atoms with van der Waals surface area (Å²) in [7, 11) is 1.53. The third-order valence-electron chi connectivity index (χ3n) is 2.37. The molecule has 1 amide bonds. The Labute approximate surface area is 100 Å². The fourth-order valence-electron chi connectivity index (χ4n) is 1.38. The maximum Gasteiger partial charge on any atom is 0.271 e. The predicted molar refractivity (Wildman–Crippen MR) is 62.8 cm³/mol. The average Bonchev–Trinajstić information content (AvgIpc) is 2.77. The summed E-state index contributed by atoms with van der Waals surface area (Å²) in [6.07, 6.45) is 0.725. The molecule has 17 heavy (non-hydrogen) atoms. The molecule has 0 radical (unpaired) electrons. The van der Waals surface area contributed by atoms with Crippen LogP contribution in [0, 0.1) is 0 Å². The molecule has 0 spiro atoms. The Hall–Kier alpha value is -1.40. The lowest BCUT2D eigenvalue weighted by Gasteiger charge is -2.09. The molecule has 0 aliphatic rings. The van der Waals surface area contributed by atoms with Crippen LogP contribution in [0.15, 0.2) is 6.07 Å². The van der Waals surface area contributed by atoms with E-state index in [0.717, 1.165) is 12.1 Å². The summed E-state index contributed by atoms with van der Waals surface area (Å²) in [5, 5.41) is 18.7. The first-order chi connectivity index (χ1) is 8.17. The standard InChI is InChI=1S/C11H19N3O3/c1-3-8-6-10(14-13-8)11(16)12-5-4-9(15)7-17-2/h6,9,15H,3-5,7H2,1-2H3,(H,12,16)(H,13,14). The van der Waals surface area contributed by atoms with Crippen molar-refractivity contribution in [3.05, 3.63) is 17.5 Å². The van der Waals surface area contributed by atoms with Gasteiger partial charge in [-0.15, -0.1) is 0 Å². The lowest BCUT2D eigenvalue weighted by molar-refractivity contribution is 0.0587. The number of H-pyrrole nitrogens is 1. The molecule has 1 unspecified atom stereocenters. The fraction of sp³-hybridized carbons (Fsp3) is 0.636.